The molecule has 0 aromatic heterocycles. The first-order chi connectivity index (χ1) is 12.0. The van der Waals surface area contributed by atoms with E-state index in [1.807, 2.05) is 24.3 Å². The highest BCUT2D eigenvalue weighted by Gasteiger charge is 2.42. The number of allylic oxidation sites excluding steroid dienone is 3. The summed E-state index contributed by atoms with van der Waals surface area (Å²) in [5, 5.41) is 9.66. The molecule has 25 heavy (non-hydrogen) atoms. The van der Waals surface area contributed by atoms with Crippen molar-refractivity contribution >= 4 is 11.9 Å². The minimum Gasteiger partial charge on any atom is -0.481 e. The summed E-state index contributed by atoms with van der Waals surface area (Å²) >= 11 is 0. The highest BCUT2D eigenvalue weighted by atomic mass is 19.1. The summed E-state index contributed by atoms with van der Waals surface area (Å²) in [5.74, 6) is -2.56. The standard InChI is InChI=1S/C20H22FNO3/c1-13-7-5-11-16(21)17(13)19(23)22-12-6-10-15(20(24)25)18(22)14-8-3-2-4-9-14/h2-5,7-8,11,14-15,18H,6,9-10,12H2,1H3,(H,24,25)/t14?,15-,18-/m0/s1. The van der Waals surface area contributed by atoms with Crippen molar-refractivity contribution in [3.63, 3.8) is 0 Å². The van der Waals surface area contributed by atoms with Gasteiger partial charge in [-0.1, -0.05) is 36.4 Å². The van der Waals surface area contributed by atoms with E-state index in [1.54, 1.807) is 24.0 Å². The molecule has 1 fully saturated rings. The minimum absolute atomic E-state index is 0.0499. The highest BCUT2D eigenvalue weighted by molar-refractivity contribution is 5.96. The van der Waals surface area contributed by atoms with Crippen molar-refractivity contribution in [3.8, 4) is 0 Å². The topological polar surface area (TPSA) is 57.6 Å². The molecule has 1 aromatic carbocycles. The maximum Gasteiger partial charge on any atom is 0.308 e. The predicted octanol–water partition coefficient (Wildman–Crippen LogP) is 3.57. The van der Waals surface area contributed by atoms with Crippen LogP contribution in [0.2, 0.25) is 0 Å². The Morgan fingerprint density at radius 2 is 2.08 bits per heavy atom. The molecule has 4 nitrogen and oxygen atoms in total. The zero-order valence-corrected chi connectivity index (χ0v) is 14.2. The summed E-state index contributed by atoms with van der Waals surface area (Å²) in [6, 6.07) is 4.09. The Bertz CT molecular complexity index is 720. The summed E-state index contributed by atoms with van der Waals surface area (Å²) < 4.78 is 14.3. The molecule has 1 unspecified atom stereocenters. The SMILES string of the molecule is Cc1cccc(F)c1C(=O)N1CCC[C@H](C(=O)O)[C@@H]1C1C=CC=CC1. The maximum absolute atomic E-state index is 14.3. The number of benzene rings is 1. The largest absolute Gasteiger partial charge is 0.481 e. The predicted molar refractivity (Wildman–Crippen MR) is 92.7 cm³/mol. The van der Waals surface area contributed by atoms with Gasteiger partial charge in [-0.3, -0.25) is 9.59 Å². The van der Waals surface area contributed by atoms with E-state index in [4.69, 9.17) is 0 Å². The number of carboxylic acids is 1. The van der Waals surface area contributed by atoms with E-state index in [1.165, 1.54) is 6.07 Å². The number of aryl methyl sites for hydroxylation is 1. The van der Waals surface area contributed by atoms with Gasteiger partial charge in [-0.2, -0.15) is 0 Å². The number of hydrogen-bond acceptors (Lipinski definition) is 2. The van der Waals surface area contributed by atoms with Crippen molar-refractivity contribution in [1.29, 1.82) is 0 Å². The molecule has 2 aliphatic rings. The summed E-state index contributed by atoms with van der Waals surface area (Å²) in [6.45, 7) is 2.16. The van der Waals surface area contributed by atoms with Gasteiger partial charge in [0, 0.05) is 12.5 Å². The van der Waals surface area contributed by atoms with Crippen LogP contribution in [-0.4, -0.2) is 34.5 Å². The van der Waals surface area contributed by atoms with E-state index >= 15 is 0 Å². The highest BCUT2D eigenvalue weighted by Crippen LogP contribution is 2.34. The lowest BCUT2D eigenvalue weighted by Crippen LogP contribution is -2.54. The molecule has 3 atom stereocenters. The fourth-order valence-electron chi connectivity index (χ4n) is 3.95. The second-order valence-electron chi connectivity index (χ2n) is 6.72. The Kier molecular flexibility index (Phi) is 5.02. The summed E-state index contributed by atoms with van der Waals surface area (Å²) in [5.41, 5.74) is 0.620. The molecule has 1 aromatic rings. The number of piperidine rings is 1. The Morgan fingerprint density at radius 3 is 2.72 bits per heavy atom. The lowest BCUT2D eigenvalue weighted by molar-refractivity contribution is -0.146. The Labute approximate surface area is 146 Å². The second-order valence-corrected chi connectivity index (χ2v) is 6.72. The molecule has 0 bridgehead atoms. The monoisotopic (exact) mass is 343 g/mol. The van der Waals surface area contributed by atoms with Crippen molar-refractivity contribution in [3.05, 3.63) is 59.4 Å². The first-order valence-electron chi connectivity index (χ1n) is 8.63. The first-order valence-corrected chi connectivity index (χ1v) is 8.63. The molecule has 1 aliphatic heterocycles. The number of halogens is 1. The molecule has 132 valence electrons. The van der Waals surface area contributed by atoms with Crippen LogP contribution in [0.15, 0.2) is 42.5 Å². The number of carbonyl (C=O) groups excluding carboxylic acids is 1. The van der Waals surface area contributed by atoms with Gasteiger partial charge in [0.1, 0.15) is 5.82 Å². The molecular formula is C20H22FNO3. The van der Waals surface area contributed by atoms with Gasteiger partial charge >= 0.3 is 5.97 Å². The molecular weight excluding hydrogens is 321 g/mol. The van der Waals surface area contributed by atoms with Gasteiger partial charge in [0.05, 0.1) is 17.5 Å². The third kappa shape index (κ3) is 3.36. The number of likely N-dealkylation sites (tertiary alicyclic amines) is 1. The van der Waals surface area contributed by atoms with E-state index in [0.717, 1.165) is 0 Å². The van der Waals surface area contributed by atoms with Crippen molar-refractivity contribution in [2.45, 2.75) is 32.2 Å². The Hall–Kier alpha value is -2.43. The van der Waals surface area contributed by atoms with Crippen molar-refractivity contribution in [2.75, 3.05) is 6.54 Å². The number of hydrogen-bond donors (Lipinski definition) is 1. The summed E-state index contributed by atoms with van der Waals surface area (Å²) in [6.07, 6.45) is 9.58. The smallest absolute Gasteiger partial charge is 0.308 e. The number of carboxylic acid groups (broad SMARTS) is 1. The molecule has 3 rings (SSSR count). The third-order valence-electron chi connectivity index (χ3n) is 5.15. The van der Waals surface area contributed by atoms with Crippen LogP contribution in [0.1, 0.15) is 35.2 Å². The van der Waals surface area contributed by atoms with Crippen LogP contribution in [-0.2, 0) is 4.79 Å². The maximum atomic E-state index is 14.3. The number of carbonyl (C=O) groups is 2. The van der Waals surface area contributed by atoms with Crippen LogP contribution in [0.3, 0.4) is 0 Å². The molecule has 5 heteroatoms. The zero-order valence-electron chi connectivity index (χ0n) is 14.2. The van der Waals surface area contributed by atoms with Crippen molar-refractivity contribution in [1.82, 2.24) is 4.90 Å². The molecule has 1 aliphatic carbocycles. The molecule has 0 spiro atoms. The van der Waals surface area contributed by atoms with Gasteiger partial charge in [0.15, 0.2) is 0 Å². The van der Waals surface area contributed by atoms with Gasteiger partial charge < -0.3 is 10.0 Å². The molecule has 1 amide bonds. The number of amides is 1. The summed E-state index contributed by atoms with van der Waals surface area (Å²) in [4.78, 5) is 26.5. The van der Waals surface area contributed by atoms with Crippen LogP contribution in [0.25, 0.3) is 0 Å². The molecule has 1 heterocycles. The van der Waals surface area contributed by atoms with Gasteiger partial charge in [-0.05, 0) is 37.8 Å². The lowest BCUT2D eigenvalue weighted by atomic mass is 9.78. The molecule has 0 saturated carbocycles. The molecule has 0 radical (unpaired) electrons. The van der Waals surface area contributed by atoms with Gasteiger partial charge in [0.25, 0.3) is 5.91 Å². The minimum atomic E-state index is -0.893. The van der Waals surface area contributed by atoms with Gasteiger partial charge in [-0.15, -0.1) is 0 Å². The van der Waals surface area contributed by atoms with E-state index < -0.39 is 29.7 Å². The fraction of sp³-hybridized carbons (Fsp3) is 0.400. The van der Waals surface area contributed by atoms with Crippen LogP contribution >= 0.6 is 0 Å². The lowest BCUT2D eigenvalue weighted by Gasteiger charge is -2.43. The Morgan fingerprint density at radius 1 is 1.28 bits per heavy atom. The molecule has 1 saturated heterocycles. The Balaban J connectivity index is 1.99. The zero-order chi connectivity index (χ0) is 18.0. The van der Waals surface area contributed by atoms with E-state index in [-0.39, 0.29) is 11.5 Å². The number of nitrogens with zero attached hydrogens (tertiary/aromatic N) is 1. The van der Waals surface area contributed by atoms with Crippen LogP contribution in [0.5, 0.6) is 0 Å². The van der Waals surface area contributed by atoms with E-state index in [0.29, 0.717) is 31.4 Å². The van der Waals surface area contributed by atoms with Gasteiger partial charge in [0.2, 0.25) is 0 Å². The van der Waals surface area contributed by atoms with E-state index in [9.17, 15) is 19.1 Å². The van der Waals surface area contributed by atoms with E-state index in [2.05, 4.69) is 0 Å². The van der Waals surface area contributed by atoms with Crippen molar-refractivity contribution in [2.24, 2.45) is 11.8 Å². The van der Waals surface area contributed by atoms with Crippen LogP contribution < -0.4 is 0 Å². The van der Waals surface area contributed by atoms with Crippen LogP contribution in [0.4, 0.5) is 4.39 Å². The number of rotatable bonds is 3. The fourth-order valence-corrected chi connectivity index (χ4v) is 3.95. The average molecular weight is 343 g/mol. The quantitative estimate of drug-likeness (QED) is 0.913. The van der Waals surface area contributed by atoms with Crippen molar-refractivity contribution < 1.29 is 19.1 Å². The average Bonchev–Trinajstić information content (AvgIpc) is 2.61. The van der Waals surface area contributed by atoms with Gasteiger partial charge in [-0.25, -0.2) is 4.39 Å². The normalized spacial score (nSPS) is 25.8. The molecule has 1 N–H and O–H groups in total. The van der Waals surface area contributed by atoms with Crippen LogP contribution in [0, 0.1) is 24.6 Å². The number of aliphatic carboxylic acids is 1. The third-order valence-corrected chi connectivity index (χ3v) is 5.15. The second kappa shape index (κ2) is 7.21. The summed E-state index contributed by atoms with van der Waals surface area (Å²) in [7, 11) is 0. The first kappa shape index (κ1) is 17.4.